The van der Waals surface area contributed by atoms with Crippen molar-refractivity contribution in [1.82, 2.24) is 15.1 Å². The van der Waals surface area contributed by atoms with Gasteiger partial charge in [0.25, 0.3) is 0 Å². The number of rotatable bonds is 4. The topological polar surface area (TPSA) is 29.9 Å². The lowest BCUT2D eigenvalue weighted by atomic mass is 10.3. The summed E-state index contributed by atoms with van der Waals surface area (Å²) in [5, 5.41) is 6.53. The fourth-order valence-corrected chi connectivity index (χ4v) is 1.05. The van der Waals surface area contributed by atoms with Crippen LogP contribution in [0.25, 0.3) is 0 Å². The van der Waals surface area contributed by atoms with Crippen molar-refractivity contribution in [3.05, 3.63) is 18.0 Å². The monoisotopic (exact) mass is 207 g/mol. The van der Waals surface area contributed by atoms with Crippen LogP contribution >= 0.6 is 0 Å². The normalized spacial score (nSPS) is 12.0. The van der Waals surface area contributed by atoms with E-state index < -0.39 is 11.7 Å². The summed E-state index contributed by atoms with van der Waals surface area (Å²) < 4.78 is 37.7. The van der Waals surface area contributed by atoms with Crippen molar-refractivity contribution in [3.63, 3.8) is 0 Å². The molecule has 0 spiro atoms. The summed E-state index contributed by atoms with van der Waals surface area (Å²) >= 11 is 0. The van der Waals surface area contributed by atoms with Gasteiger partial charge >= 0.3 is 6.18 Å². The van der Waals surface area contributed by atoms with Crippen LogP contribution in [0.4, 0.5) is 13.2 Å². The summed E-state index contributed by atoms with van der Waals surface area (Å²) in [6, 6.07) is 0. The van der Waals surface area contributed by atoms with Gasteiger partial charge in [0.05, 0.1) is 11.8 Å². The Balaban J connectivity index is 2.51. The van der Waals surface area contributed by atoms with Gasteiger partial charge in [-0.2, -0.15) is 18.3 Å². The highest BCUT2D eigenvalue weighted by atomic mass is 19.4. The lowest BCUT2D eigenvalue weighted by Crippen LogP contribution is -2.11. The Hall–Kier alpha value is -1.04. The summed E-state index contributed by atoms with van der Waals surface area (Å²) in [4.78, 5) is 0. The third-order valence-electron chi connectivity index (χ3n) is 1.77. The average Bonchev–Trinajstić information content (AvgIpc) is 2.52. The van der Waals surface area contributed by atoms with E-state index in [1.807, 2.05) is 0 Å². The van der Waals surface area contributed by atoms with E-state index in [-0.39, 0.29) is 0 Å². The molecular weight excluding hydrogens is 195 g/mol. The van der Waals surface area contributed by atoms with Crippen LogP contribution in [0.15, 0.2) is 12.4 Å². The first kappa shape index (κ1) is 11.0. The largest absolute Gasteiger partial charge is 0.419 e. The molecule has 0 aliphatic carbocycles. The van der Waals surface area contributed by atoms with Crippen LogP contribution in [-0.2, 0) is 12.7 Å². The molecule has 0 unspecified atom stereocenters. The predicted octanol–water partition coefficient (Wildman–Crippen LogP) is 1.51. The van der Waals surface area contributed by atoms with E-state index in [4.69, 9.17) is 0 Å². The molecule has 1 aromatic heterocycles. The summed E-state index contributed by atoms with van der Waals surface area (Å²) in [6.07, 6.45) is -1.66. The number of aromatic nitrogens is 2. The van der Waals surface area contributed by atoms with Crippen molar-refractivity contribution in [2.24, 2.45) is 0 Å². The number of halogens is 3. The highest BCUT2D eigenvalue weighted by molar-refractivity contribution is 5.08. The van der Waals surface area contributed by atoms with E-state index in [1.165, 1.54) is 4.68 Å². The molecule has 0 amide bonds. The molecule has 0 bridgehead atoms. The van der Waals surface area contributed by atoms with E-state index in [0.717, 1.165) is 25.4 Å². The van der Waals surface area contributed by atoms with Crippen molar-refractivity contribution >= 4 is 0 Å². The molecule has 0 atom stereocenters. The fourth-order valence-electron chi connectivity index (χ4n) is 1.05. The second kappa shape index (κ2) is 4.45. The van der Waals surface area contributed by atoms with E-state index in [9.17, 15) is 13.2 Å². The molecule has 14 heavy (non-hydrogen) atoms. The maximum absolute atomic E-state index is 12.1. The van der Waals surface area contributed by atoms with E-state index in [1.54, 1.807) is 7.05 Å². The van der Waals surface area contributed by atoms with Gasteiger partial charge in [-0.05, 0) is 20.0 Å². The molecule has 0 radical (unpaired) electrons. The van der Waals surface area contributed by atoms with Crippen molar-refractivity contribution in [3.8, 4) is 0 Å². The van der Waals surface area contributed by atoms with Crippen LogP contribution in [0.3, 0.4) is 0 Å². The predicted molar refractivity (Wildman–Crippen MR) is 45.8 cm³/mol. The molecule has 0 aliphatic rings. The Labute approximate surface area is 79.9 Å². The number of nitrogens with one attached hydrogen (secondary N) is 1. The van der Waals surface area contributed by atoms with Gasteiger partial charge in [-0.1, -0.05) is 0 Å². The lowest BCUT2D eigenvalue weighted by molar-refractivity contribution is -0.137. The van der Waals surface area contributed by atoms with Gasteiger partial charge in [-0.15, -0.1) is 0 Å². The van der Waals surface area contributed by atoms with Crippen LogP contribution in [0.5, 0.6) is 0 Å². The van der Waals surface area contributed by atoms with Crippen molar-refractivity contribution in [2.45, 2.75) is 19.1 Å². The second-order valence-electron chi connectivity index (χ2n) is 2.95. The molecule has 1 rings (SSSR count). The van der Waals surface area contributed by atoms with E-state index >= 15 is 0 Å². The molecule has 1 N–H and O–H groups in total. The molecule has 0 fully saturated rings. The van der Waals surface area contributed by atoms with Gasteiger partial charge in [0.2, 0.25) is 0 Å². The summed E-state index contributed by atoms with van der Waals surface area (Å²) in [5.74, 6) is 0. The SMILES string of the molecule is CNCCCn1cc(C(F)(F)F)cn1. The van der Waals surface area contributed by atoms with Gasteiger partial charge in [-0.25, -0.2) is 0 Å². The number of nitrogens with zero attached hydrogens (tertiary/aromatic N) is 2. The highest BCUT2D eigenvalue weighted by Gasteiger charge is 2.31. The Morgan fingerprint density at radius 3 is 2.71 bits per heavy atom. The Kier molecular flexibility index (Phi) is 3.51. The minimum Gasteiger partial charge on any atom is -0.320 e. The molecule has 0 aliphatic heterocycles. The maximum atomic E-state index is 12.1. The zero-order chi connectivity index (χ0) is 10.6. The number of alkyl halides is 3. The lowest BCUT2D eigenvalue weighted by Gasteiger charge is -2.02. The molecule has 1 heterocycles. The molecule has 0 aromatic carbocycles. The van der Waals surface area contributed by atoms with E-state index in [0.29, 0.717) is 6.54 Å². The molecule has 1 aromatic rings. The third-order valence-corrected chi connectivity index (χ3v) is 1.77. The first-order valence-corrected chi connectivity index (χ1v) is 4.28. The van der Waals surface area contributed by atoms with Crippen LogP contribution in [-0.4, -0.2) is 23.4 Å². The summed E-state index contributed by atoms with van der Waals surface area (Å²) in [7, 11) is 1.80. The fraction of sp³-hybridized carbons (Fsp3) is 0.625. The first-order chi connectivity index (χ1) is 6.54. The number of aryl methyl sites for hydroxylation is 1. The maximum Gasteiger partial charge on any atom is 0.419 e. The third kappa shape index (κ3) is 3.02. The van der Waals surface area contributed by atoms with Crippen LogP contribution in [0, 0.1) is 0 Å². The Morgan fingerprint density at radius 2 is 2.21 bits per heavy atom. The van der Waals surface area contributed by atoms with Crippen LogP contribution in [0.2, 0.25) is 0 Å². The minimum absolute atomic E-state index is 0.497. The smallest absolute Gasteiger partial charge is 0.320 e. The number of hydrogen-bond acceptors (Lipinski definition) is 2. The summed E-state index contributed by atoms with van der Waals surface area (Å²) in [5.41, 5.74) is -0.693. The first-order valence-electron chi connectivity index (χ1n) is 4.28. The van der Waals surface area contributed by atoms with Gasteiger partial charge in [0.1, 0.15) is 0 Å². The molecule has 0 saturated carbocycles. The van der Waals surface area contributed by atoms with Gasteiger partial charge in [0.15, 0.2) is 0 Å². The Bertz CT molecular complexity index is 280. The van der Waals surface area contributed by atoms with Crippen molar-refractivity contribution in [2.75, 3.05) is 13.6 Å². The average molecular weight is 207 g/mol. The Morgan fingerprint density at radius 1 is 1.50 bits per heavy atom. The molecular formula is C8H12F3N3. The molecule has 0 saturated heterocycles. The van der Waals surface area contributed by atoms with Gasteiger partial charge in [-0.3, -0.25) is 4.68 Å². The standard InChI is InChI=1S/C8H12F3N3/c1-12-3-2-4-14-6-7(5-13-14)8(9,10)11/h5-6,12H,2-4H2,1H3. The zero-order valence-corrected chi connectivity index (χ0v) is 7.80. The minimum atomic E-state index is -4.29. The molecule has 3 nitrogen and oxygen atoms in total. The second-order valence-corrected chi connectivity index (χ2v) is 2.95. The van der Waals surface area contributed by atoms with Crippen LogP contribution in [0.1, 0.15) is 12.0 Å². The van der Waals surface area contributed by atoms with E-state index in [2.05, 4.69) is 10.4 Å². The molecule has 6 heteroatoms. The van der Waals surface area contributed by atoms with Crippen molar-refractivity contribution in [1.29, 1.82) is 0 Å². The van der Waals surface area contributed by atoms with Crippen LogP contribution < -0.4 is 5.32 Å². The zero-order valence-electron chi connectivity index (χ0n) is 7.80. The number of hydrogen-bond donors (Lipinski definition) is 1. The van der Waals surface area contributed by atoms with Gasteiger partial charge < -0.3 is 5.32 Å². The molecule has 80 valence electrons. The quantitative estimate of drug-likeness (QED) is 0.758. The highest BCUT2D eigenvalue weighted by Crippen LogP contribution is 2.28. The van der Waals surface area contributed by atoms with Gasteiger partial charge in [0, 0.05) is 12.7 Å². The van der Waals surface area contributed by atoms with Crippen molar-refractivity contribution < 1.29 is 13.2 Å². The summed E-state index contributed by atoms with van der Waals surface area (Å²) in [6.45, 7) is 1.26.